The van der Waals surface area contributed by atoms with E-state index >= 15 is 0 Å². The quantitative estimate of drug-likeness (QED) is 0.268. The van der Waals surface area contributed by atoms with Crippen molar-refractivity contribution in [2.24, 2.45) is 11.7 Å². The Kier molecular flexibility index (Phi) is 13.1. The average Bonchev–Trinajstić information content (AvgIpc) is 2.87. The molecular formula is C27H43N5O5. The Morgan fingerprint density at radius 3 is 2.14 bits per heavy atom. The fraction of sp³-hybridized carbons (Fsp3) is 0.630. The molecule has 1 aliphatic rings. The van der Waals surface area contributed by atoms with Gasteiger partial charge >= 0.3 is 0 Å². The topological polar surface area (TPSA) is 143 Å². The van der Waals surface area contributed by atoms with E-state index in [-0.39, 0.29) is 17.7 Å². The molecule has 206 valence electrons. The molecule has 4 amide bonds. The Bertz CT molecular complexity index is 873. The van der Waals surface area contributed by atoms with Gasteiger partial charge in [-0.1, -0.05) is 44.2 Å². The summed E-state index contributed by atoms with van der Waals surface area (Å²) in [5, 5.41) is 8.43. The van der Waals surface area contributed by atoms with Gasteiger partial charge in [0.25, 0.3) is 0 Å². The minimum absolute atomic E-state index is 0.107. The van der Waals surface area contributed by atoms with Gasteiger partial charge in [0, 0.05) is 26.4 Å². The highest BCUT2D eigenvalue weighted by atomic mass is 16.5. The van der Waals surface area contributed by atoms with Crippen LogP contribution in [0.4, 0.5) is 0 Å². The number of ether oxygens (including phenoxy) is 1. The lowest BCUT2D eigenvalue weighted by molar-refractivity contribution is -0.141. The zero-order valence-corrected chi connectivity index (χ0v) is 22.3. The highest BCUT2D eigenvalue weighted by Gasteiger charge is 2.32. The zero-order chi connectivity index (χ0) is 27.2. The van der Waals surface area contributed by atoms with Crippen molar-refractivity contribution in [3.8, 4) is 0 Å². The van der Waals surface area contributed by atoms with E-state index in [0.29, 0.717) is 58.5 Å². The van der Waals surface area contributed by atoms with Crippen molar-refractivity contribution in [1.82, 2.24) is 20.9 Å². The first kappa shape index (κ1) is 30.2. The van der Waals surface area contributed by atoms with Crippen LogP contribution in [0.3, 0.4) is 0 Å². The third-order valence-corrected chi connectivity index (χ3v) is 6.20. The van der Waals surface area contributed by atoms with E-state index in [1.54, 1.807) is 4.90 Å². The summed E-state index contributed by atoms with van der Waals surface area (Å²) >= 11 is 0. The molecule has 0 aliphatic carbocycles. The summed E-state index contributed by atoms with van der Waals surface area (Å²) in [4.78, 5) is 53.4. The maximum Gasteiger partial charge on any atom is 0.245 e. The summed E-state index contributed by atoms with van der Waals surface area (Å²) in [5.41, 5.74) is 6.52. The van der Waals surface area contributed by atoms with E-state index in [1.165, 1.54) is 6.92 Å². The minimum atomic E-state index is -0.853. The molecule has 1 aliphatic heterocycles. The monoisotopic (exact) mass is 517 g/mol. The standard InChI is InChI=1S/C27H43N5O5/c1-19(2)17-23(31-26(35)24(29-20(3)33)18-21-9-5-4-6-10-21)25(34)30-22(11-7-8-12-28)27(36)32-13-15-37-16-14-32/h4-6,9-10,19,22-24H,7-8,11-18,28H2,1-3H3,(H,29,33)(H,30,34)(H,31,35)/t22-,23-,24-/m1/s1. The largest absolute Gasteiger partial charge is 0.378 e. The molecule has 37 heavy (non-hydrogen) atoms. The van der Waals surface area contributed by atoms with E-state index < -0.39 is 29.9 Å². The van der Waals surface area contributed by atoms with Gasteiger partial charge in [-0.2, -0.15) is 0 Å². The van der Waals surface area contributed by atoms with Gasteiger partial charge in [-0.15, -0.1) is 0 Å². The Labute approximate surface area is 220 Å². The number of amides is 4. The number of rotatable bonds is 14. The summed E-state index contributed by atoms with van der Waals surface area (Å²) in [6.07, 6.45) is 2.58. The number of benzene rings is 1. The highest BCUT2D eigenvalue weighted by Crippen LogP contribution is 2.11. The van der Waals surface area contributed by atoms with E-state index in [0.717, 1.165) is 12.0 Å². The first-order valence-corrected chi connectivity index (χ1v) is 13.2. The zero-order valence-electron chi connectivity index (χ0n) is 22.3. The fourth-order valence-electron chi connectivity index (χ4n) is 4.31. The lowest BCUT2D eigenvalue weighted by Crippen LogP contribution is -2.58. The number of nitrogens with one attached hydrogen (secondary N) is 3. The summed E-state index contributed by atoms with van der Waals surface area (Å²) in [6.45, 7) is 7.66. The van der Waals surface area contributed by atoms with Gasteiger partial charge in [-0.25, -0.2) is 0 Å². The van der Waals surface area contributed by atoms with Gasteiger partial charge in [-0.05, 0) is 43.7 Å². The van der Waals surface area contributed by atoms with Gasteiger partial charge < -0.3 is 31.3 Å². The van der Waals surface area contributed by atoms with Crippen molar-refractivity contribution in [2.45, 2.75) is 71.0 Å². The summed E-state index contributed by atoms with van der Waals surface area (Å²) in [7, 11) is 0. The molecule has 5 N–H and O–H groups in total. The number of nitrogens with zero attached hydrogens (tertiary/aromatic N) is 1. The number of hydrogen-bond acceptors (Lipinski definition) is 6. The number of nitrogens with two attached hydrogens (primary N) is 1. The first-order valence-electron chi connectivity index (χ1n) is 13.2. The lowest BCUT2D eigenvalue weighted by Gasteiger charge is -2.32. The van der Waals surface area contributed by atoms with Crippen LogP contribution in [0.5, 0.6) is 0 Å². The first-order chi connectivity index (χ1) is 17.7. The normalized spacial score (nSPS) is 16.0. The molecule has 0 unspecified atom stereocenters. The van der Waals surface area contributed by atoms with E-state index in [1.807, 2.05) is 44.2 Å². The SMILES string of the molecule is CC(=O)N[C@H](Cc1ccccc1)C(=O)N[C@H](CC(C)C)C(=O)N[C@H](CCCCN)C(=O)N1CCOCC1. The van der Waals surface area contributed by atoms with Gasteiger partial charge in [0.15, 0.2) is 0 Å². The van der Waals surface area contributed by atoms with Crippen LogP contribution in [-0.2, 0) is 30.3 Å². The van der Waals surface area contributed by atoms with Crippen LogP contribution in [0.1, 0.15) is 52.0 Å². The molecule has 0 spiro atoms. The molecule has 1 aromatic carbocycles. The predicted molar refractivity (Wildman–Crippen MR) is 141 cm³/mol. The number of hydrogen-bond donors (Lipinski definition) is 4. The third kappa shape index (κ3) is 10.9. The number of carbonyl (C=O) groups excluding carboxylic acids is 4. The molecule has 2 rings (SSSR count). The molecule has 10 heteroatoms. The average molecular weight is 518 g/mol. The Morgan fingerprint density at radius 1 is 0.919 bits per heavy atom. The maximum absolute atomic E-state index is 13.4. The van der Waals surface area contributed by atoms with E-state index in [2.05, 4.69) is 16.0 Å². The molecule has 1 aromatic rings. The maximum atomic E-state index is 13.4. The second-order valence-corrected chi connectivity index (χ2v) is 9.92. The predicted octanol–water partition coefficient (Wildman–Crippen LogP) is 0.737. The van der Waals surface area contributed by atoms with E-state index in [4.69, 9.17) is 10.5 Å². The fourth-order valence-corrected chi connectivity index (χ4v) is 4.31. The molecule has 1 heterocycles. The van der Waals surface area contributed by atoms with Crippen molar-refractivity contribution >= 4 is 23.6 Å². The Morgan fingerprint density at radius 2 is 1.54 bits per heavy atom. The molecular weight excluding hydrogens is 474 g/mol. The van der Waals surface area contributed by atoms with Crippen LogP contribution in [0.2, 0.25) is 0 Å². The van der Waals surface area contributed by atoms with Crippen LogP contribution >= 0.6 is 0 Å². The summed E-state index contributed by atoms with van der Waals surface area (Å²) in [5.74, 6) is -1.24. The van der Waals surface area contributed by atoms with Crippen LogP contribution in [-0.4, -0.2) is 79.5 Å². The molecule has 0 bridgehead atoms. The van der Waals surface area contributed by atoms with Gasteiger partial charge in [-0.3, -0.25) is 19.2 Å². The second kappa shape index (κ2) is 16.0. The van der Waals surface area contributed by atoms with Crippen molar-refractivity contribution in [3.05, 3.63) is 35.9 Å². The van der Waals surface area contributed by atoms with Crippen molar-refractivity contribution < 1.29 is 23.9 Å². The Hall–Kier alpha value is -2.98. The van der Waals surface area contributed by atoms with Crippen LogP contribution < -0.4 is 21.7 Å². The van der Waals surface area contributed by atoms with Crippen LogP contribution in [0.15, 0.2) is 30.3 Å². The van der Waals surface area contributed by atoms with Crippen molar-refractivity contribution in [1.29, 1.82) is 0 Å². The highest BCUT2D eigenvalue weighted by molar-refractivity contribution is 5.94. The number of morpholine rings is 1. The van der Waals surface area contributed by atoms with Gasteiger partial charge in [0.1, 0.15) is 18.1 Å². The number of carbonyl (C=O) groups is 4. The molecule has 1 fully saturated rings. The molecule has 1 saturated heterocycles. The van der Waals surface area contributed by atoms with Gasteiger partial charge in [0.05, 0.1) is 13.2 Å². The van der Waals surface area contributed by atoms with Crippen LogP contribution in [0.25, 0.3) is 0 Å². The number of unbranched alkanes of at least 4 members (excludes halogenated alkanes) is 1. The summed E-state index contributed by atoms with van der Waals surface area (Å²) in [6, 6.07) is 6.97. The van der Waals surface area contributed by atoms with Gasteiger partial charge in [0.2, 0.25) is 23.6 Å². The molecule has 0 aromatic heterocycles. The Balaban J connectivity index is 2.15. The smallest absolute Gasteiger partial charge is 0.245 e. The van der Waals surface area contributed by atoms with Crippen LogP contribution in [0, 0.1) is 5.92 Å². The molecule has 0 radical (unpaired) electrons. The minimum Gasteiger partial charge on any atom is -0.378 e. The summed E-state index contributed by atoms with van der Waals surface area (Å²) < 4.78 is 5.35. The van der Waals surface area contributed by atoms with E-state index in [9.17, 15) is 19.2 Å². The third-order valence-electron chi connectivity index (χ3n) is 6.20. The lowest BCUT2D eigenvalue weighted by atomic mass is 10.00. The molecule has 3 atom stereocenters. The van der Waals surface area contributed by atoms with Crippen molar-refractivity contribution in [3.63, 3.8) is 0 Å². The molecule has 10 nitrogen and oxygen atoms in total. The van der Waals surface area contributed by atoms with Crippen molar-refractivity contribution in [2.75, 3.05) is 32.8 Å². The second-order valence-electron chi connectivity index (χ2n) is 9.92. The molecule has 0 saturated carbocycles.